The highest BCUT2D eigenvalue weighted by Crippen LogP contribution is 2.05. The highest BCUT2D eigenvalue weighted by atomic mass is 16.5. The van der Waals surface area contributed by atoms with Crippen LogP contribution >= 0.6 is 0 Å². The zero-order chi connectivity index (χ0) is 9.68. The summed E-state index contributed by atoms with van der Waals surface area (Å²) in [6.07, 6.45) is 1.13. The van der Waals surface area contributed by atoms with Crippen LogP contribution in [0.3, 0.4) is 0 Å². The summed E-state index contributed by atoms with van der Waals surface area (Å²) < 4.78 is 5.14. The molecule has 1 aliphatic heterocycles. The van der Waals surface area contributed by atoms with Gasteiger partial charge < -0.3 is 15.4 Å². The number of hydrogen-bond donors (Lipinski definition) is 2. The highest BCUT2D eigenvalue weighted by molar-refractivity contribution is 5.81. The maximum atomic E-state index is 10.9. The van der Waals surface area contributed by atoms with E-state index in [0.29, 0.717) is 0 Å². The van der Waals surface area contributed by atoms with Gasteiger partial charge in [0.05, 0.1) is 6.04 Å². The molecule has 13 heavy (non-hydrogen) atoms. The third-order valence-electron chi connectivity index (χ3n) is 2.06. The summed E-state index contributed by atoms with van der Waals surface area (Å²) in [5.41, 5.74) is 0. The van der Waals surface area contributed by atoms with Crippen LogP contribution in [0.4, 0.5) is 0 Å². The Hall–Kier alpha value is -0.870. The van der Waals surface area contributed by atoms with E-state index in [1.54, 1.807) is 0 Å². The van der Waals surface area contributed by atoms with Gasteiger partial charge in [0.2, 0.25) is 0 Å². The molecule has 1 fully saturated rings. The van der Waals surface area contributed by atoms with Gasteiger partial charge >= 0.3 is 5.97 Å². The normalized spacial score (nSPS) is 27.2. The van der Waals surface area contributed by atoms with Crippen molar-refractivity contribution in [2.45, 2.75) is 19.1 Å². The molecule has 2 N–H and O–H groups in total. The topological polar surface area (TPSA) is 50.4 Å². The first-order valence-corrected chi connectivity index (χ1v) is 4.55. The summed E-state index contributed by atoms with van der Waals surface area (Å²) in [6.45, 7) is 7.84. The van der Waals surface area contributed by atoms with Gasteiger partial charge in [0.15, 0.2) is 0 Å². The summed E-state index contributed by atoms with van der Waals surface area (Å²) in [7, 11) is 0. The number of hydrogen-bond acceptors (Lipinski definition) is 4. The Kier molecular flexibility index (Phi) is 3.92. The van der Waals surface area contributed by atoms with Crippen molar-refractivity contribution in [1.29, 1.82) is 0 Å². The molecule has 74 valence electrons. The lowest BCUT2D eigenvalue weighted by Gasteiger charge is -2.18. The molecule has 1 aliphatic rings. The molecule has 1 heterocycles. The number of rotatable bonds is 4. The van der Waals surface area contributed by atoms with Gasteiger partial charge in [-0.15, -0.1) is 0 Å². The Labute approximate surface area is 78.3 Å². The van der Waals surface area contributed by atoms with Crippen LogP contribution in [0.25, 0.3) is 0 Å². The van der Waals surface area contributed by atoms with E-state index in [-0.39, 0.29) is 18.1 Å². The lowest BCUT2D eigenvalue weighted by atomic mass is 10.2. The van der Waals surface area contributed by atoms with Crippen molar-refractivity contribution in [3.05, 3.63) is 12.7 Å². The van der Waals surface area contributed by atoms with E-state index in [4.69, 9.17) is 4.74 Å². The van der Waals surface area contributed by atoms with Gasteiger partial charge in [-0.2, -0.15) is 0 Å². The van der Waals surface area contributed by atoms with E-state index in [0.717, 1.165) is 19.6 Å². The fourth-order valence-electron chi connectivity index (χ4n) is 1.44. The molecule has 0 radical (unpaired) electrons. The molecule has 0 aromatic rings. The van der Waals surface area contributed by atoms with Gasteiger partial charge in [0.1, 0.15) is 6.10 Å². The standard InChI is InChI=1S/C9H16N2O2/c1-3-9(12)13-8-6-10-5-7(8)11-4-2/h3,7-8,10-11H,1,4-6H2,2H3/t7-,8+/m0/s1. The average Bonchev–Trinajstić information content (AvgIpc) is 2.54. The molecule has 1 saturated heterocycles. The van der Waals surface area contributed by atoms with E-state index < -0.39 is 0 Å². The Bertz CT molecular complexity index is 194. The molecular weight excluding hydrogens is 168 g/mol. The van der Waals surface area contributed by atoms with E-state index in [2.05, 4.69) is 17.2 Å². The zero-order valence-corrected chi connectivity index (χ0v) is 7.88. The largest absolute Gasteiger partial charge is 0.456 e. The van der Waals surface area contributed by atoms with E-state index in [9.17, 15) is 4.79 Å². The second-order valence-electron chi connectivity index (χ2n) is 3.00. The number of carbonyl (C=O) groups is 1. The molecule has 0 aromatic heterocycles. The fraction of sp³-hybridized carbons (Fsp3) is 0.667. The van der Waals surface area contributed by atoms with Crippen LogP contribution in [-0.4, -0.2) is 37.7 Å². The second-order valence-corrected chi connectivity index (χ2v) is 3.00. The second kappa shape index (κ2) is 4.99. The third kappa shape index (κ3) is 2.82. The van der Waals surface area contributed by atoms with Crippen LogP contribution in [-0.2, 0) is 9.53 Å². The Morgan fingerprint density at radius 1 is 1.77 bits per heavy atom. The minimum atomic E-state index is -0.350. The van der Waals surface area contributed by atoms with Crippen LogP contribution in [0.1, 0.15) is 6.92 Å². The number of ether oxygens (including phenoxy) is 1. The molecule has 0 spiro atoms. The van der Waals surface area contributed by atoms with Gasteiger partial charge in [-0.1, -0.05) is 13.5 Å². The molecule has 1 rings (SSSR count). The van der Waals surface area contributed by atoms with Gasteiger partial charge in [-0.3, -0.25) is 0 Å². The van der Waals surface area contributed by atoms with Crippen molar-refractivity contribution in [1.82, 2.24) is 10.6 Å². The predicted molar refractivity (Wildman–Crippen MR) is 50.4 cm³/mol. The molecule has 4 heteroatoms. The maximum Gasteiger partial charge on any atom is 0.330 e. The molecule has 0 aromatic carbocycles. The van der Waals surface area contributed by atoms with Gasteiger partial charge in [-0.25, -0.2) is 4.79 Å². The Morgan fingerprint density at radius 2 is 2.54 bits per heavy atom. The minimum Gasteiger partial charge on any atom is -0.456 e. The van der Waals surface area contributed by atoms with E-state index >= 15 is 0 Å². The Morgan fingerprint density at radius 3 is 3.15 bits per heavy atom. The first kappa shape index (κ1) is 10.2. The molecular formula is C9H16N2O2. The molecule has 2 atom stereocenters. The first-order chi connectivity index (χ1) is 6.27. The molecule has 0 bridgehead atoms. The summed E-state index contributed by atoms with van der Waals surface area (Å²) in [6, 6.07) is 0.230. The quantitative estimate of drug-likeness (QED) is 0.464. The van der Waals surface area contributed by atoms with Crippen molar-refractivity contribution < 1.29 is 9.53 Å². The van der Waals surface area contributed by atoms with Crippen LogP contribution in [0.15, 0.2) is 12.7 Å². The summed E-state index contributed by atoms with van der Waals surface area (Å²) >= 11 is 0. The molecule has 4 nitrogen and oxygen atoms in total. The first-order valence-electron chi connectivity index (χ1n) is 4.55. The van der Waals surface area contributed by atoms with Crippen molar-refractivity contribution in [3.63, 3.8) is 0 Å². The summed E-state index contributed by atoms with van der Waals surface area (Å²) in [5.74, 6) is -0.350. The van der Waals surface area contributed by atoms with E-state index in [1.807, 2.05) is 6.92 Å². The van der Waals surface area contributed by atoms with Crippen molar-refractivity contribution >= 4 is 5.97 Å². The monoisotopic (exact) mass is 184 g/mol. The lowest BCUT2D eigenvalue weighted by Crippen LogP contribution is -2.41. The molecule has 0 unspecified atom stereocenters. The molecule has 0 aliphatic carbocycles. The highest BCUT2D eigenvalue weighted by Gasteiger charge is 2.28. The van der Waals surface area contributed by atoms with Crippen LogP contribution in [0, 0.1) is 0 Å². The minimum absolute atomic E-state index is 0.0644. The van der Waals surface area contributed by atoms with Gasteiger partial charge in [0, 0.05) is 19.2 Å². The summed E-state index contributed by atoms with van der Waals surface area (Å²) in [4.78, 5) is 10.9. The van der Waals surface area contributed by atoms with Gasteiger partial charge in [0.25, 0.3) is 0 Å². The summed E-state index contributed by atoms with van der Waals surface area (Å²) in [5, 5.41) is 6.41. The smallest absolute Gasteiger partial charge is 0.330 e. The molecule has 0 saturated carbocycles. The molecule has 0 amide bonds. The Balaban J connectivity index is 2.38. The van der Waals surface area contributed by atoms with E-state index in [1.165, 1.54) is 6.08 Å². The van der Waals surface area contributed by atoms with Crippen LogP contribution in [0.5, 0.6) is 0 Å². The van der Waals surface area contributed by atoms with Crippen LogP contribution in [0.2, 0.25) is 0 Å². The van der Waals surface area contributed by atoms with Crippen LogP contribution < -0.4 is 10.6 Å². The zero-order valence-electron chi connectivity index (χ0n) is 7.88. The number of esters is 1. The maximum absolute atomic E-state index is 10.9. The lowest BCUT2D eigenvalue weighted by molar-refractivity contribution is -0.142. The average molecular weight is 184 g/mol. The van der Waals surface area contributed by atoms with Crippen molar-refractivity contribution in [3.8, 4) is 0 Å². The number of nitrogens with one attached hydrogen (secondary N) is 2. The fourth-order valence-corrected chi connectivity index (χ4v) is 1.44. The van der Waals surface area contributed by atoms with Crippen molar-refractivity contribution in [2.75, 3.05) is 19.6 Å². The number of likely N-dealkylation sites (N-methyl/N-ethyl adjacent to an activating group) is 1. The van der Waals surface area contributed by atoms with Crippen molar-refractivity contribution in [2.24, 2.45) is 0 Å². The SMILES string of the molecule is C=CC(=O)O[C@@H]1CNC[C@@H]1NCC. The number of carbonyl (C=O) groups excluding carboxylic acids is 1. The predicted octanol–water partition coefficient (Wildman–Crippen LogP) is -0.335. The third-order valence-corrected chi connectivity index (χ3v) is 2.06. The van der Waals surface area contributed by atoms with Gasteiger partial charge in [-0.05, 0) is 6.54 Å².